The zero-order valence-corrected chi connectivity index (χ0v) is 7.87. The number of carbonyl (C=O) groups is 1. The first kappa shape index (κ1) is 10.0. The molecule has 1 atom stereocenters. The second-order valence-corrected chi connectivity index (χ2v) is 3.21. The predicted octanol–water partition coefficient (Wildman–Crippen LogP) is -0.353. The molecule has 0 aliphatic carbocycles. The molecule has 3 N–H and O–H groups in total. The van der Waals surface area contributed by atoms with E-state index < -0.39 is 0 Å². The van der Waals surface area contributed by atoms with Crippen LogP contribution in [0.1, 0.15) is 13.3 Å². The maximum atomic E-state index is 11.1. The molecule has 0 saturated heterocycles. The van der Waals surface area contributed by atoms with Crippen LogP contribution in [0.5, 0.6) is 0 Å². The number of rotatable bonds is 2. The van der Waals surface area contributed by atoms with E-state index in [9.17, 15) is 4.79 Å². The molecule has 1 aliphatic heterocycles. The highest BCUT2D eigenvalue weighted by Crippen LogP contribution is 2.00. The van der Waals surface area contributed by atoms with Gasteiger partial charge in [0.05, 0.1) is 12.6 Å². The van der Waals surface area contributed by atoms with Gasteiger partial charge in [-0.2, -0.15) is 0 Å². The lowest BCUT2D eigenvalue weighted by Gasteiger charge is -2.24. The lowest BCUT2D eigenvalue weighted by Crippen LogP contribution is -2.46. The number of nitrogens with one attached hydrogen (secondary N) is 2. The van der Waals surface area contributed by atoms with Crippen molar-refractivity contribution in [1.29, 1.82) is 0 Å². The number of hydroxylamine groups is 2. The highest BCUT2D eigenvalue weighted by Gasteiger charge is 2.16. The summed E-state index contributed by atoms with van der Waals surface area (Å²) in [6.45, 7) is 2.77. The van der Waals surface area contributed by atoms with E-state index in [2.05, 4.69) is 10.6 Å². The zero-order chi connectivity index (χ0) is 9.84. The van der Waals surface area contributed by atoms with Gasteiger partial charge in [0.2, 0.25) is 5.91 Å². The summed E-state index contributed by atoms with van der Waals surface area (Å²) in [5, 5.41) is 15.6. The van der Waals surface area contributed by atoms with Crippen LogP contribution in [0.15, 0.2) is 11.8 Å². The number of amides is 1. The van der Waals surface area contributed by atoms with Crippen LogP contribution in [0.4, 0.5) is 0 Å². The smallest absolute Gasteiger partial charge is 0.249 e. The van der Waals surface area contributed by atoms with E-state index in [1.807, 2.05) is 13.1 Å². The molecule has 1 rings (SSSR count). The number of hydrogen-bond donors (Lipinski definition) is 3. The molecule has 5 nitrogen and oxygen atoms in total. The van der Waals surface area contributed by atoms with E-state index in [0.717, 1.165) is 6.54 Å². The Morgan fingerprint density at radius 1 is 1.85 bits per heavy atom. The highest BCUT2D eigenvalue weighted by molar-refractivity contribution is 5.75. The Hall–Kier alpha value is -1.07. The Balaban J connectivity index is 2.35. The number of nitrogens with zero attached hydrogens (tertiary/aromatic N) is 1. The molecule has 1 heterocycles. The van der Waals surface area contributed by atoms with Crippen molar-refractivity contribution in [2.24, 2.45) is 0 Å². The quantitative estimate of drug-likeness (QED) is 0.406. The van der Waals surface area contributed by atoms with Gasteiger partial charge in [-0.3, -0.25) is 15.3 Å². The summed E-state index contributed by atoms with van der Waals surface area (Å²) in [6.07, 6.45) is 2.05. The van der Waals surface area contributed by atoms with Crippen molar-refractivity contribution in [2.45, 2.75) is 19.5 Å². The molecule has 1 amide bonds. The van der Waals surface area contributed by atoms with Crippen LogP contribution in [0.2, 0.25) is 0 Å². The third kappa shape index (κ3) is 3.04. The van der Waals surface area contributed by atoms with Crippen LogP contribution in [0.3, 0.4) is 0 Å². The van der Waals surface area contributed by atoms with E-state index in [1.165, 1.54) is 12.6 Å². The summed E-state index contributed by atoms with van der Waals surface area (Å²) in [5.74, 6) is -0.307. The van der Waals surface area contributed by atoms with Gasteiger partial charge in [-0.25, -0.2) is 5.06 Å². The van der Waals surface area contributed by atoms with Crippen LogP contribution < -0.4 is 10.6 Å². The molecule has 13 heavy (non-hydrogen) atoms. The number of carbonyl (C=O) groups excluding carboxylic acids is 1. The van der Waals surface area contributed by atoms with Gasteiger partial charge >= 0.3 is 0 Å². The molecular weight excluding hydrogens is 170 g/mol. The molecule has 0 fully saturated rings. The van der Waals surface area contributed by atoms with Gasteiger partial charge in [-0.1, -0.05) is 0 Å². The van der Waals surface area contributed by atoms with E-state index in [-0.39, 0.29) is 18.5 Å². The third-order valence-electron chi connectivity index (χ3n) is 1.90. The van der Waals surface area contributed by atoms with Crippen LogP contribution >= 0.6 is 0 Å². The second kappa shape index (κ2) is 4.25. The van der Waals surface area contributed by atoms with Gasteiger partial charge in [-0.15, -0.1) is 0 Å². The molecule has 0 saturated carbocycles. The third-order valence-corrected chi connectivity index (χ3v) is 1.90. The minimum absolute atomic E-state index is 0.0780. The monoisotopic (exact) mass is 185 g/mol. The van der Waals surface area contributed by atoms with E-state index in [0.29, 0.717) is 5.06 Å². The minimum Gasteiger partial charge on any atom is -0.375 e. The van der Waals surface area contributed by atoms with Crippen molar-refractivity contribution >= 4 is 5.91 Å². The zero-order valence-electron chi connectivity index (χ0n) is 7.87. The summed E-state index contributed by atoms with van der Waals surface area (Å²) in [7, 11) is 1.33. The largest absolute Gasteiger partial charge is 0.375 e. The molecule has 74 valence electrons. The van der Waals surface area contributed by atoms with Crippen LogP contribution in [-0.2, 0) is 4.79 Å². The summed E-state index contributed by atoms with van der Waals surface area (Å²) >= 11 is 0. The van der Waals surface area contributed by atoms with E-state index in [4.69, 9.17) is 5.21 Å². The molecule has 1 unspecified atom stereocenters. The molecule has 0 aromatic heterocycles. The standard InChI is InChI=1S/C8H15N3O2/c1-6-4-9-7(10-5-6)3-8(12)11(2)13/h4,7,9-10,13H,3,5H2,1-2H3. The van der Waals surface area contributed by atoms with E-state index >= 15 is 0 Å². The maximum Gasteiger partial charge on any atom is 0.249 e. The van der Waals surface area contributed by atoms with Crippen molar-refractivity contribution in [1.82, 2.24) is 15.7 Å². The fourth-order valence-electron chi connectivity index (χ4n) is 1.07. The first-order chi connectivity index (χ1) is 6.09. The summed E-state index contributed by atoms with van der Waals surface area (Å²) < 4.78 is 0. The first-order valence-corrected chi connectivity index (χ1v) is 4.20. The minimum atomic E-state index is -0.307. The fourth-order valence-corrected chi connectivity index (χ4v) is 1.07. The topological polar surface area (TPSA) is 64.6 Å². The van der Waals surface area contributed by atoms with Crippen molar-refractivity contribution in [3.8, 4) is 0 Å². The van der Waals surface area contributed by atoms with Gasteiger partial charge in [-0.05, 0) is 18.7 Å². The second-order valence-electron chi connectivity index (χ2n) is 3.21. The van der Waals surface area contributed by atoms with Crippen LogP contribution in [0, 0.1) is 0 Å². The molecular formula is C8H15N3O2. The van der Waals surface area contributed by atoms with Crippen molar-refractivity contribution in [3.05, 3.63) is 11.8 Å². The van der Waals surface area contributed by atoms with Crippen LogP contribution in [0.25, 0.3) is 0 Å². The van der Waals surface area contributed by atoms with Gasteiger partial charge in [0.1, 0.15) is 0 Å². The summed E-state index contributed by atoms with van der Waals surface area (Å²) in [5.41, 5.74) is 1.20. The Kier molecular flexibility index (Phi) is 3.27. The van der Waals surface area contributed by atoms with Crippen molar-refractivity contribution in [2.75, 3.05) is 13.6 Å². The molecule has 1 aliphatic rings. The van der Waals surface area contributed by atoms with Gasteiger partial charge in [0.15, 0.2) is 0 Å². The van der Waals surface area contributed by atoms with Crippen LogP contribution in [-0.4, -0.2) is 35.9 Å². The molecule has 0 bridgehead atoms. The Labute approximate surface area is 77.4 Å². The lowest BCUT2D eigenvalue weighted by molar-refractivity contribution is -0.160. The highest BCUT2D eigenvalue weighted by atomic mass is 16.5. The predicted molar refractivity (Wildman–Crippen MR) is 47.9 cm³/mol. The van der Waals surface area contributed by atoms with Gasteiger partial charge in [0, 0.05) is 13.6 Å². The Morgan fingerprint density at radius 3 is 3.00 bits per heavy atom. The molecule has 0 radical (unpaired) electrons. The van der Waals surface area contributed by atoms with Gasteiger partial charge < -0.3 is 5.32 Å². The van der Waals surface area contributed by atoms with Crippen molar-refractivity contribution in [3.63, 3.8) is 0 Å². The average molecular weight is 185 g/mol. The normalized spacial score (nSPS) is 21.8. The van der Waals surface area contributed by atoms with Gasteiger partial charge in [0.25, 0.3) is 0 Å². The molecule has 0 aromatic rings. The van der Waals surface area contributed by atoms with E-state index in [1.54, 1.807) is 0 Å². The number of hydrogen-bond acceptors (Lipinski definition) is 4. The fraction of sp³-hybridized carbons (Fsp3) is 0.625. The lowest BCUT2D eigenvalue weighted by atomic mass is 10.2. The Bertz CT molecular complexity index is 225. The maximum absolute atomic E-state index is 11.1. The molecule has 0 spiro atoms. The van der Waals surface area contributed by atoms with Crippen molar-refractivity contribution < 1.29 is 10.0 Å². The molecule has 0 aromatic carbocycles. The average Bonchev–Trinajstić information content (AvgIpc) is 2.08. The summed E-state index contributed by atoms with van der Waals surface area (Å²) in [6, 6.07) is 0. The summed E-state index contributed by atoms with van der Waals surface area (Å²) in [4.78, 5) is 11.1. The SMILES string of the molecule is CC1=CNC(CC(=O)N(C)O)NC1. The Morgan fingerprint density at radius 2 is 2.54 bits per heavy atom. The first-order valence-electron chi connectivity index (χ1n) is 4.20. The molecule has 5 heteroatoms.